The lowest BCUT2D eigenvalue weighted by Crippen LogP contribution is -2.22. The van der Waals surface area contributed by atoms with E-state index in [1.165, 1.54) is 0 Å². The summed E-state index contributed by atoms with van der Waals surface area (Å²) >= 11 is 6.02. The smallest absolute Gasteiger partial charge is 0.125 e. The minimum absolute atomic E-state index is 0.144. The molecule has 4 heteroatoms. The van der Waals surface area contributed by atoms with Crippen LogP contribution >= 0.6 is 11.6 Å². The molecule has 1 aromatic rings. The number of ether oxygens (including phenoxy) is 2. The largest absolute Gasteiger partial charge is 0.491 e. The minimum Gasteiger partial charge on any atom is -0.491 e. The van der Waals surface area contributed by atoms with Gasteiger partial charge >= 0.3 is 0 Å². The van der Waals surface area contributed by atoms with E-state index in [0.29, 0.717) is 24.8 Å². The van der Waals surface area contributed by atoms with E-state index in [1.807, 2.05) is 39.0 Å². The first-order chi connectivity index (χ1) is 7.94. The van der Waals surface area contributed by atoms with Gasteiger partial charge in [0.05, 0.1) is 12.2 Å². The number of hydrogen-bond acceptors (Lipinski definition) is 3. The molecular formula is C13H20ClNO2. The highest BCUT2D eigenvalue weighted by Crippen LogP contribution is 2.25. The number of rotatable bonds is 5. The molecule has 0 spiro atoms. The van der Waals surface area contributed by atoms with Gasteiger partial charge in [-0.05, 0) is 32.9 Å². The fourth-order valence-electron chi connectivity index (χ4n) is 1.37. The van der Waals surface area contributed by atoms with Gasteiger partial charge in [0.1, 0.15) is 12.4 Å². The molecule has 0 saturated carbocycles. The fraction of sp³-hybridized carbons (Fsp3) is 0.538. The van der Waals surface area contributed by atoms with Crippen LogP contribution in [0.5, 0.6) is 5.75 Å². The van der Waals surface area contributed by atoms with Crippen LogP contribution < -0.4 is 10.5 Å². The maximum absolute atomic E-state index is 6.02. The van der Waals surface area contributed by atoms with E-state index in [9.17, 15) is 0 Å². The van der Waals surface area contributed by atoms with E-state index in [-0.39, 0.29) is 5.60 Å². The second kappa shape index (κ2) is 6.24. The normalized spacial score (nSPS) is 11.6. The number of halogens is 1. The first kappa shape index (κ1) is 14.3. The van der Waals surface area contributed by atoms with Crippen molar-refractivity contribution >= 4 is 11.6 Å². The van der Waals surface area contributed by atoms with Crippen LogP contribution in [0.1, 0.15) is 26.3 Å². The van der Waals surface area contributed by atoms with E-state index >= 15 is 0 Å². The van der Waals surface area contributed by atoms with Crippen molar-refractivity contribution in [1.29, 1.82) is 0 Å². The first-order valence-electron chi connectivity index (χ1n) is 5.68. The van der Waals surface area contributed by atoms with Gasteiger partial charge in [-0.2, -0.15) is 0 Å². The molecule has 0 aliphatic rings. The number of benzene rings is 1. The fourth-order valence-corrected chi connectivity index (χ4v) is 1.61. The Kier molecular flexibility index (Phi) is 5.25. The molecule has 0 radical (unpaired) electrons. The Hall–Kier alpha value is -0.770. The molecule has 3 nitrogen and oxygen atoms in total. The average molecular weight is 258 g/mol. The second-order valence-electron chi connectivity index (χ2n) is 4.73. The summed E-state index contributed by atoms with van der Waals surface area (Å²) in [4.78, 5) is 0. The quantitative estimate of drug-likeness (QED) is 0.825. The zero-order valence-corrected chi connectivity index (χ0v) is 11.4. The minimum atomic E-state index is -0.144. The maximum Gasteiger partial charge on any atom is 0.125 e. The van der Waals surface area contributed by atoms with Crippen LogP contribution in [0.25, 0.3) is 0 Å². The zero-order chi connectivity index (χ0) is 12.9. The standard InChI is InChI=1S/C13H20ClNO2/c1-13(2,3)17-8-7-16-12-6-4-5-11(14)10(12)9-15/h4-6H,7-9,15H2,1-3H3. The number of nitrogens with two attached hydrogens (primary N) is 1. The van der Waals surface area contributed by atoms with Gasteiger partial charge in [-0.15, -0.1) is 0 Å². The van der Waals surface area contributed by atoms with E-state index in [0.717, 1.165) is 11.3 Å². The highest BCUT2D eigenvalue weighted by molar-refractivity contribution is 6.31. The molecule has 17 heavy (non-hydrogen) atoms. The van der Waals surface area contributed by atoms with Gasteiger partial charge in [0.2, 0.25) is 0 Å². The van der Waals surface area contributed by atoms with Crippen molar-refractivity contribution in [2.45, 2.75) is 32.9 Å². The molecule has 96 valence electrons. The molecule has 0 aromatic heterocycles. The molecule has 0 aliphatic heterocycles. The van der Waals surface area contributed by atoms with E-state index in [4.69, 9.17) is 26.8 Å². The lowest BCUT2D eigenvalue weighted by molar-refractivity contribution is -0.0163. The van der Waals surface area contributed by atoms with Crippen LogP contribution in [0.3, 0.4) is 0 Å². The van der Waals surface area contributed by atoms with Crippen molar-refractivity contribution in [3.05, 3.63) is 28.8 Å². The van der Waals surface area contributed by atoms with Crippen LogP contribution in [0.15, 0.2) is 18.2 Å². The van der Waals surface area contributed by atoms with Crippen LogP contribution in [0.4, 0.5) is 0 Å². The maximum atomic E-state index is 6.02. The molecule has 0 saturated heterocycles. The van der Waals surface area contributed by atoms with Crippen LogP contribution in [0, 0.1) is 0 Å². The third-order valence-corrected chi connectivity index (χ3v) is 2.51. The van der Waals surface area contributed by atoms with E-state index < -0.39 is 0 Å². The summed E-state index contributed by atoms with van der Waals surface area (Å²) < 4.78 is 11.2. The monoisotopic (exact) mass is 257 g/mol. The Labute approximate surface area is 108 Å². The predicted molar refractivity (Wildman–Crippen MR) is 70.5 cm³/mol. The third kappa shape index (κ3) is 4.94. The first-order valence-corrected chi connectivity index (χ1v) is 6.06. The summed E-state index contributed by atoms with van der Waals surface area (Å²) in [6, 6.07) is 5.52. The van der Waals surface area contributed by atoms with Gasteiger partial charge in [0.25, 0.3) is 0 Å². The van der Waals surface area contributed by atoms with Crippen LogP contribution in [-0.4, -0.2) is 18.8 Å². The topological polar surface area (TPSA) is 44.5 Å². The van der Waals surface area contributed by atoms with Gasteiger partial charge in [-0.1, -0.05) is 17.7 Å². The molecule has 0 bridgehead atoms. The molecule has 0 heterocycles. The molecule has 0 fully saturated rings. The molecule has 2 N–H and O–H groups in total. The Bertz CT molecular complexity index is 361. The van der Waals surface area contributed by atoms with Crippen LogP contribution in [-0.2, 0) is 11.3 Å². The predicted octanol–water partition coefficient (Wildman–Crippen LogP) is 2.99. The summed E-state index contributed by atoms with van der Waals surface area (Å²) in [6.45, 7) is 7.44. The van der Waals surface area contributed by atoms with E-state index in [1.54, 1.807) is 0 Å². The molecule has 1 rings (SSSR count). The molecule has 0 atom stereocenters. The SMILES string of the molecule is CC(C)(C)OCCOc1cccc(Cl)c1CN. The van der Waals surface area contributed by atoms with Gasteiger partial charge in [0.15, 0.2) is 0 Å². The highest BCUT2D eigenvalue weighted by atomic mass is 35.5. The van der Waals surface area contributed by atoms with Gasteiger partial charge in [-0.3, -0.25) is 0 Å². The van der Waals surface area contributed by atoms with Gasteiger partial charge in [0, 0.05) is 17.1 Å². The average Bonchev–Trinajstić information content (AvgIpc) is 2.23. The van der Waals surface area contributed by atoms with Crippen molar-refractivity contribution in [3.8, 4) is 5.75 Å². The number of hydrogen-bond donors (Lipinski definition) is 1. The molecule has 0 amide bonds. The molecular weight excluding hydrogens is 238 g/mol. The lowest BCUT2D eigenvalue weighted by Gasteiger charge is -2.20. The molecule has 0 unspecified atom stereocenters. The highest BCUT2D eigenvalue weighted by Gasteiger charge is 2.10. The summed E-state index contributed by atoms with van der Waals surface area (Å²) in [5.74, 6) is 0.734. The Morgan fingerprint density at radius 1 is 1.24 bits per heavy atom. The lowest BCUT2D eigenvalue weighted by atomic mass is 10.2. The Morgan fingerprint density at radius 2 is 1.94 bits per heavy atom. The summed E-state index contributed by atoms with van der Waals surface area (Å²) in [7, 11) is 0. The van der Waals surface area contributed by atoms with Crippen molar-refractivity contribution in [2.75, 3.05) is 13.2 Å². The van der Waals surface area contributed by atoms with E-state index in [2.05, 4.69) is 0 Å². The van der Waals surface area contributed by atoms with Crippen molar-refractivity contribution in [2.24, 2.45) is 5.73 Å². The van der Waals surface area contributed by atoms with Gasteiger partial charge in [-0.25, -0.2) is 0 Å². The Balaban J connectivity index is 2.49. The van der Waals surface area contributed by atoms with Gasteiger partial charge < -0.3 is 15.2 Å². The Morgan fingerprint density at radius 3 is 2.53 bits per heavy atom. The van der Waals surface area contributed by atoms with Crippen molar-refractivity contribution < 1.29 is 9.47 Å². The summed E-state index contributed by atoms with van der Waals surface area (Å²) in [5, 5.41) is 0.640. The van der Waals surface area contributed by atoms with Crippen LogP contribution in [0.2, 0.25) is 5.02 Å². The van der Waals surface area contributed by atoms with Crippen molar-refractivity contribution in [3.63, 3.8) is 0 Å². The summed E-state index contributed by atoms with van der Waals surface area (Å²) in [6.07, 6.45) is 0. The zero-order valence-electron chi connectivity index (χ0n) is 10.6. The summed E-state index contributed by atoms with van der Waals surface area (Å²) in [5.41, 5.74) is 6.32. The van der Waals surface area contributed by atoms with Crippen molar-refractivity contribution in [1.82, 2.24) is 0 Å². The third-order valence-electron chi connectivity index (χ3n) is 2.16. The molecule has 1 aromatic carbocycles. The molecule has 0 aliphatic carbocycles. The second-order valence-corrected chi connectivity index (χ2v) is 5.14.